The van der Waals surface area contributed by atoms with Crippen molar-refractivity contribution in [2.24, 2.45) is 7.05 Å². The number of benzene rings is 1. The Morgan fingerprint density at radius 3 is 2.94 bits per heavy atom. The zero-order chi connectivity index (χ0) is 11.7. The van der Waals surface area contributed by atoms with Crippen LogP contribution in [-0.4, -0.2) is 14.7 Å². The molecule has 0 bridgehead atoms. The van der Waals surface area contributed by atoms with Gasteiger partial charge < -0.3 is 14.4 Å². The molecule has 0 spiro atoms. The lowest BCUT2D eigenvalue weighted by Crippen LogP contribution is -2.04. The Kier molecular flexibility index (Phi) is 2.29. The molecule has 5 heteroatoms. The first-order valence-electron chi connectivity index (χ1n) is 5.39. The van der Waals surface area contributed by atoms with Crippen LogP contribution < -0.4 is 5.32 Å². The molecule has 0 fully saturated rings. The zero-order valence-electron chi connectivity index (χ0n) is 9.42. The van der Waals surface area contributed by atoms with E-state index in [0.717, 1.165) is 22.7 Å². The van der Waals surface area contributed by atoms with Crippen LogP contribution in [-0.2, 0) is 13.6 Å². The maximum Gasteiger partial charge on any atom is 0.203 e. The number of aromatic nitrogens is 3. The van der Waals surface area contributed by atoms with E-state index >= 15 is 0 Å². The molecule has 3 aromatic rings. The fraction of sp³-hybridized carbons (Fsp3) is 0.167. The Morgan fingerprint density at radius 1 is 1.29 bits per heavy atom. The van der Waals surface area contributed by atoms with Crippen molar-refractivity contribution in [1.82, 2.24) is 14.7 Å². The number of aryl methyl sites for hydroxylation is 1. The van der Waals surface area contributed by atoms with Crippen molar-refractivity contribution in [3.63, 3.8) is 0 Å². The summed E-state index contributed by atoms with van der Waals surface area (Å²) in [6, 6.07) is 9.85. The summed E-state index contributed by atoms with van der Waals surface area (Å²) in [6.07, 6.45) is 1.63. The van der Waals surface area contributed by atoms with Crippen LogP contribution in [0.2, 0.25) is 0 Å². The van der Waals surface area contributed by atoms with Gasteiger partial charge in [-0.3, -0.25) is 0 Å². The maximum absolute atomic E-state index is 5.02. The number of rotatable bonds is 3. The third kappa shape index (κ3) is 1.75. The lowest BCUT2D eigenvalue weighted by Gasteiger charge is -2.03. The Balaban J connectivity index is 1.88. The summed E-state index contributed by atoms with van der Waals surface area (Å²) in [6.45, 7) is 0.581. The largest absolute Gasteiger partial charge is 0.360 e. The summed E-state index contributed by atoms with van der Waals surface area (Å²) in [7, 11) is 1.98. The molecule has 2 heterocycles. The quantitative estimate of drug-likeness (QED) is 0.746. The van der Waals surface area contributed by atoms with Gasteiger partial charge in [0.2, 0.25) is 5.95 Å². The standard InChI is InChI=1S/C12H12N4O/c1-16-11-5-3-2-4-10(11)15-12(16)13-8-9-6-7-14-17-9/h2-7H,8H2,1H3,(H,13,15). The van der Waals surface area contributed by atoms with E-state index in [1.54, 1.807) is 6.20 Å². The van der Waals surface area contributed by atoms with Gasteiger partial charge in [0.05, 0.1) is 23.8 Å². The summed E-state index contributed by atoms with van der Waals surface area (Å²) in [4.78, 5) is 4.50. The minimum absolute atomic E-state index is 0.581. The third-order valence-electron chi connectivity index (χ3n) is 2.70. The Labute approximate surface area is 98.1 Å². The highest BCUT2D eigenvalue weighted by Gasteiger charge is 2.06. The monoisotopic (exact) mass is 228 g/mol. The van der Waals surface area contributed by atoms with E-state index in [1.165, 1.54) is 0 Å². The average Bonchev–Trinajstić information content (AvgIpc) is 2.96. The third-order valence-corrected chi connectivity index (χ3v) is 2.70. The van der Waals surface area contributed by atoms with Gasteiger partial charge in [-0.05, 0) is 12.1 Å². The highest BCUT2D eigenvalue weighted by Crippen LogP contribution is 2.17. The molecule has 1 N–H and O–H groups in total. The molecule has 0 radical (unpaired) electrons. The molecule has 3 rings (SSSR count). The highest BCUT2D eigenvalue weighted by molar-refractivity contribution is 5.78. The van der Waals surface area contributed by atoms with E-state index in [4.69, 9.17) is 4.52 Å². The van der Waals surface area contributed by atoms with Gasteiger partial charge >= 0.3 is 0 Å². The predicted octanol–water partition coefficient (Wildman–Crippen LogP) is 2.17. The van der Waals surface area contributed by atoms with Crippen LogP contribution in [0.1, 0.15) is 5.76 Å². The van der Waals surface area contributed by atoms with E-state index in [9.17, 15) is 0 Å². The fourth-order valence-electron chi connectivity index (χ4n) is 1.80. The zero-order valence-corrected chi connectivity index (χ0v) is 9.42. The van der Waals surface area contributed by atoms with Gasteiger partial charge in [0, 0.05) is 13.1 Å². The summed E-state index contributed by atoms with van der Waals surface area (Å²) in [5.41, 5.74) is 2.09. The van der Waals surface area contributed by atoms with Crippen LogP contribution >= 0.6 is 0 Å². The van der Waals surface area contributed by atoms with Crippen LogP contribution in [0.5, 0.6) is 0 Å². The molecule has 0 atom stereocenters. The second-order valence-corrected chi connectivity index (χ2v) is 3.82. The fourth-order valence-corrected chi connectivity index (χ4v) is 1.80. The van der Waals surface area contributed by atoms with Crippen LogP contribution in [0.25, 0.3) is 11.0 Å². The molecular formula is C12H12N4O. The average molecular weight is 228 g/mol. The van der Waals surface area contributed by atoms with Crippen LogP contribution in [0.3, 0.4) is 0 Å². The van der Waals surface area contributed by atoms with E-state index in [2.05, 4.69) is 15.5 Å². The van der Waals surface area contributed by atoms with Gasteiger partial charge in [-0.15, -0.1) is 0 Å². The Morgan fingerprint density at radius 2 is 2.18 bits per heavy atom. The summed E-state index contributed by atoms with van der Waals surface area (Å²) >= 11 is 0. The molecule has 2 aromatic heterocycles. The Bertz CT molecular complexity index is 627. The topological polar surface area (TPSA) is 55.9 Å². The van der Waals surface area contributed by atoms with Crippen molar-refractivity contribution in [2.75, 3.05) is 5.32 Å². The number of imidazole rings is 1. The first kappa shape index (κ1) is 9.89. The second-order valence-electron chi connectivity index (χ2n) is 3.82. The van der Waals surface area contributed by atoms with Crippen molar-refractivity contribution < 1.29 is 4.52 Å². The molecule has 86 valence electrons. The molecule has 0 amide bonds. The van der Waals surface area contributed by atoms with Gasteiger partial charge in [-0.1, -0.05) is 17.3 Å². The molecule has 5 nitrogen and oxygen atoms in total. The smallest absolute Gasteiger partial charge is 0.203 e. The predicted molar refractivity (Wildman–Crippen MR) is 64.5 cm³/mol. The lowest BCUT2D eigenvalue weighted by molar-refractivity contribution is 0.387. The minimum atomic E-state index is 0.581. The Hall–Kier alpha value is -2.30. The van der Waals surface area contributed by atoms with Crippen molar-refractivity contribution in [2.45, 2.75) is 6.54 Å². The number of nitrogens with one attached hydrogen (secondary N) is 1. The summed E-state index contributed by atoms with van der Waals surface area (Å²) in [5.74, 6) is 1.61. The van der Waals surface area contributed by atoms with Gasteiger partial charge in [0.1, 0.15) is 0 Å². The second kappa shape index (κ2) is 3.93. The minimum Gasteiger partial charge on any atom is -0.360 e. The molecule has 0 saturated heterocycles. The van der Waals surface area contributed by atoms with Crippen LogP contribution in [0, 0.1) is 0 Å². The van der Waals surface area contributed by atoms with Crippen molar-refractivity contribution in [1.29, 1.82) is 0 Å². The molecule has 0 saturated carbocycles. The molecule has 17 heavy (non-hydrogen) atoms. The van der Waals surface area contributed by atoms with E-state index in [-0.39, 0.29) is 0 Å². The first-order chi connectivity index (χ1) is 8.34. The van der Waals surface area contributed by atoms with Gasteiger partial charge in [0.15, 0.2) is 5.76 Å². The van der Waals surface area contributed by atoms with Crippen LogP contribution in [0.15, 0.2) is 41.1 Å². The van der Waals surface area contributed by atoms with Gasteiger partial charge in [0.25, 0.3) is 0 Å². The molecule has 0 aliphatic heterocycles. The number of anilines is 1. The number of fused-ring (bicyclic) bond motifs is 1. The maximum atomic E-state index is 5.02. The van der Waals surface area contributed by atoms with Gasteiger partial charge in [-0.25, -0.2) is 4.98 Å². The van der Waals surface area contributed by atoms with E-state index in [1.807, 2.05) is 41.9 Å². The number of hydrogen-bond acceptors (Lipinski definition) is 4. The molecule has 1 aromatic carbocycles. The van der Waals surface area contributed by atoms with Crippen molar-refractivity contribution in [3.05, 3.63) is 42.3 Å². The molecule has 0 aliphatic carbocycles. The molecule has 0 unspecified atom stereocenters. The normalized spacial score (nSPS) is 10.9. The van der Waals surface area contributed by atoms with E-state index in [0.29, 0.717) is 6.54 Å². The lowest BCUT2D eigenvalue weighted by atomic mass is 10.3. The van der Waals surface area contributed by atoms with Crippen molar-refractivity contribution >= 4 is 17.0 Å². The molecule has 0 aliphatic rings. The SMILES string of the molecule is Cn1c(NCc2ccno2)nc2ccccc21. The molecular weight excluding hydrogens is 216 g/mol. The van der Waals surface area contributed by atoms with Gasteiger partial charge in [-0.2, -0.15) is 0 Å². The highest BCUT2D eigenvalue weighted by atomic mass is 16.5. The number of nitrogens with zero attached hydrogens (tertiary/aromatic N) is 3. The van der Waals surface area contributed by atoms with Crippen molar-refractivity contribution in [3.8, 4) is 0 Å². The van der Waals surface area contributed by atoms with Crippen LogP contribution in [0.4, 0.5) is 5.95 Å². The number of hydrogen-bond donors (Lipinski definition) is 1. The number of para-hydroxylation sites is 2. The first-order valence-corrected chi connectivity index (χ1v) is 5.39. The summed E-state index contributed by atoms with van der Waals surface area (Å²) < 4.78 is 7.04. The van der Waals surface area contributed by atoms with E-state index < -0.39 is 0 Å². The summed E-state index contributed by atoms with van der Waals surface area (Å²) in [5, 5.41) is 6.88.